The van der Waals surface area contributed by atoms with Gasteiger partial charge in [-0.05, 0) is 47.4 Å². The van der Waals surface area contributed by atoms with E-state index in [0.29, 0.717) is 0 Å². The topological polar surface area (TPSA) is 25.4 Å². The summed E-state index contributed by atoms with van der Waals surface area (Å²) in [7, 11) is 2.17. The molecule has 0 unspecified atom stereocenters. The molecule has 2 aliphatic rings. The smallest absolute Gasteiger partial charge is 0.106 e. The number of aromatic nitrogens is 1. The van der Waals surface area contributed by atoms with Gasteiger partial charge in [-0.25, -0.2) is 4.98 Å². The summed E-state index contributed by atoms with van der Waals surface area (Å²) in [6.45, 7) is 2.94. The van der Waals surface area contributed by atoms with Gasteiger partial charge in [0, 0.05) is 24.8 Å². The van der Waals surface area contributed by atoms with Gasteiger partial charge in [0.15, 0.2) is 0 Å². The van der Waals surface area contributed by atoms with Crippen LogP contribution >= 0.6 is 15.9 Å². The van der Waals surface area contributed by atoms with Crippen molar-refractivity contribution in [2.75, 3.05) is 20.1 Å². The van der Waals surface area contributed by atoms with E-state index >= 15 is 0 Å². The minimum atomic E-state index is -0.0344. The molecule has 0 atom stereocenters. The van der Waals surface area contributed by atoms with Crippen LogP contribution in [0, 0.1) is 0 Å². The summed E-state index contributed by atoms with van der Waals surface area (Å²) in [4.78, 5) is 6.63. The van der Waals surface area contributed by atoms with Crippen LogP contribution in [0.15, 0.2) is 16.9 Å². The molecule has 0 radical (unpaired) electrons. The van der Waals surface area contributed by atoms with Gasteiger partial charge < -0.3 is 9.64 Å². The molecule has 1 aromatic rings. The molecule has 2 aliphatic heterocycles. The Balaban J connectivity index is 1.98. The fourth-order valence-corrected chi connectivity index (χ4v) is 3.02. The summed E-state index contributed by atoms with van der Waals surface area (Å²) < 4.78 is 6.98. The summed E-state index contributed by atoms with van der Waals surface area (Å²) in [6, 6.07) is 2.13. The molecule has 16 heavy (non-hydrogen) atoms. The van der Waals surface area contributed by atoms with Crippen molar-refractivity contribution >= 4 is 15.9 Å². The number of pyridine rings is 1. The standard InChI is InChI=1S/C12H15BrN2O/c1-15-4-2-12(3-5-15)10-6-11(13)14-7-9(10)8-16-12/h6-7H,2-5,8H2,1H3. The maximum Gasteiger partial charge on any atom is 0.106 e. The van der Waals surface area contributed by atoms with Crippen LogP contribution in [0.2, 0.25) is 0 Å². The first kappa shape index (κ1) is 10.7. The van der Waals surface area contributed by atoms with E-state index in [1.54, 1.807) is 0 Å². The summed E-state index contributed by atoms with van der Waals surface area (Å²) in [5.41, 5.74) is 2.57. The van der Waals surface area contributed by atoms with Gasteiger partial charge in [-0.1, -0.05) is 0 Å². The number of ether oxygens (including phenoxy) is 1. The van der Waals surface area contributed by atoms with Gasteiger partial charge >= 0.3 is 0 Å². The van der Waals surface area contributed by atoms with Crippen LogP contribution in [0.4, 0.5) is 0 Å². The van der Waals surface area contributed by atoms with Crippen molar-refractivity contribution in [2.45, 2.75) is 25.0 Å². The van der Waals surface area contributed by atoms with Crippen LogP contribution in [0.3, 0.4) is 0 Å². The van der Waals surface area contributed by atoms with E-state index in [1.807, 2.05) is 6.20 Å². The maximum atomic E-state index is 6.07. The lowest BCUT2D eigenvalue weighted by molar-refractivity contribution is -0.0755. The molecule has 0 aromatic carbocycles. The third kappa shape index (κ3) is 1.60. The fourth-order valence-electron chi connectivity index (χ4n) is 2.68. The molecule has 0 amide bonds. The first-order valence-corrected chi connectivity index (χ1v) is 6.46. The Labute approximate surface area is 104 Å². The lowest BCUT2D eigenvalue weighted by atomic mass is 9.84. The Morgan fingerprint density at radius 2 is 2.19 bits per heavy atom. The molecule has 3 rings (SSSR count). The third-order valence-electron chi connectivity index (χ3n) is 3.74. The summed E-state index contributed by atoms with van der Waals surface area (Å²) in [6.07, 6.45) is 4.12. The number of hydrogen-bond acceptors (Lipinski definition) is 3. The Morgan fingerprint density at radius 3 is 2.94 bits per heavy atom. The van der Waals surface area contributed by atoms with Crippen LogP contribution in [0.25, 0.3) is 0 Å². The lowest BCUT2D eigenvalue weighted by Crippen LogP contribution is -2.40. The minimum absolute atomic E-state index is 0.0344. The van der Waals surface area contributed by atoms with E-state index in [9.17, 15) is 0 Å². The van der Waals surface area contributed by atoms with Gasteiger partial charge in [-0.2, -0.15) is 0 Å². The van der Waals surface area contributed by atoms with Crippen molar-refractivity contribution < 1.29 is 4.74 Å². The molecule has 0 bridgehead atoms. The van der Waals surface area contributed by atoms with E-state index in [2.05, 4.69) is 38.9 Å². The van der Waals surface area contributed by atoms with Crippen LogP contribution in [-0.4, -0.2) is 30.0 Å². The van der Waals surface area contributed by atoms with E-state index in [1.165, 1.54) is 11.1 Å². The van der Waals surface area contributed by atoms with Crippen LogP contribution in [-0.2, 0) is 16.9 Å². The molecular formula is C12H15BrN2O. The van der Waals surface area contributed by atoms with E-state index in [-0.39, 0.29) is 5.60 Å². The van der Waals surface area contributed by atoms with E-state index < -0.39 is 0 Å². The van der Waals surface area contributed by atoms with Gasteiger partial charge in [0.1, 0.15) is 4.60 Å². The normalized spacial score (nSPS) is 23.6. The highest BCUT2D eigenvalue weighted by Crippen LogP contribution is 2.44. The van der Waals surface area contributed by atoms with Crippen molar-refractivity contribution in [3.63, 3.8) is 0 Å². The molecule has 0 N–H and O–H groups in total. The average Bonchev–Trinajstić information content (AvgIpc) is 2.62. The van der Waals surface area contributed by atoms with Crippen LogP contribution in [0.5, 0.6) is 0 Å². The summed E-state index contributed by atoms with van der Waals surface area (Å²) >= 11 is 3.45. The van der Waals surface area contributed by atoms with Crippen molar-refractivity contribution in [1.82, 2.24) is 9.88 Å². The Bertz CT molecular complexity index is 413. The van der Waals surface area contributed by atoms with Gasteiger partial charge in [0.2, 0.25) is 0 Å². The predicted molar refractivity (Wildman–Crippen MR) is 65.1 cm³/mol. The molecule has 1 saturated heterocycles. The van der Waals surface area contributed by atoms with Crippen molar-refractivity contribution in [3.05, 3.63) is 28.0 Å². The first-order valence-electron chi connectivity index (χ1n) is 5.67. The molecule has 4 heteroatoms. The van der Waals surface area contributed by atoms with Crippen LogP contribution < -0.4 is 0 Å². The minimum Gasteiger partial charge on any atom is -0.365 e. The number of fused-ring (bicyclic) bond motifs is 2. The second-order valence-corrected chi connectivity index (χ2v) is 5.56. The molecule has 86 valence electrons. The van der Waals surface area contributed by atoms with Gasteiger partial charge in [0.05, 0.1) is 12.2 Å². The third-order valence-corrected chi connectivity index (χ3v) is 4.18. The van der Waals surface area contributed by atoms with Crippen molar-refractivity contribution in [1.29, 1.82) is 0 Å². The number of halogens is 1. The summed E-state index contributed by atoms with van der Waals surface area (Å²) in [5, 5.41) is 0. The molecule has 1 fully saturated rings. The molecule has 1 aromatic heterocycles. The first-order chi connectivity index (χ1) is 7.70. The molecule has 3 heterocycles. The van der Waals surface area contributed by atoms with Crippen molar-refractivity contribution in [2.24, 2.45) is 0 Å². The number of hydrogen-bond donors (Lipinski definition) is 0. The zero-order valence-corrected chi connectivity index (χ0v) is 11.0. The molecule has 0 aliphatic carbocycles. The molecule has 3 nitrogen and oxygen atoms in total. The zero-order chi connectivity index (χ0) is 11.2. The Hall–Kier alpha value is -0.450. The molecular weight excluding hydrogens is 268 g/mol. The largest absolute Gasteiger partial charge is 0.365 e. The SMILES string of the molecule is CN1CCC2(CC1)OCc1cnc(Br)cc12. The highest BCUT2D eigenvalue weighted by Gasteiger charge is 2.42. The highest BCUT2D eigenvalue weighted by atomic mass is 79.9. The van der Waals surface area contributed by atoms with Gasteiger partial charge in [0.25, 0.3) is 0 Å². The number of nitrogens with zero attached hydrogens (tertiary/aromatic N) is 2. The monoisotopic (exact) mass is 282 g/mol. The van der Waals surface area contributed by atoms with Gasteiger partial charge in [-0.15, -0.1) is 0 Å². The van der Waals surface area contributed by atoms with Crippen molar-refractivity contribution in [3.8, 4) is 0 Å². The molecule has 1 spiro atoms. The van der Waals surface area contributed by atoms with Gasteiger partial charge in [-0.3, -0.25) is 0 Å². The number of likely N-dealkylation sites (tertiary alicyclic amines) is 1. The van der Waals surface area contributed by atoms with E-state index in [0.717, 1.165) is 37.1 Å². The van der Waals surface area contributed by atoms with Crippen LogP contribution in [0.1, 0.15) is 24.0 Å². The number of rotatable bonds is 0. The second-order valence-electron chi connectivity index (χ2n) is 4.75. The molecule has 0 saturated carbocycles. The predicted octanol–water partition coefficient (Wildman–Crippen LogP) is 2.30. The Kier molecular flexibility index (Phi) is 2.53. The Morgan fingerprint density at radius 1 is 1.44 bits per heavy atom. The van der Waals surface area contributed by atoms with E-state index in [4.69, 9.17) is 4.74 Å². The fraction of sp³-hybridized carbons (Fsp3) is 0.583. The lowest BCUT2D eigenvalue weighted by Gasteiger charge is -2.37. The average molecular weight is 283 g/mol. The highest BCUT2D eigenvalue weighted by molar-refractivity contribution is 9.10. The number of piperidine rings is 1. The second kappa shape index (κ2) is 3.79. The zero-order valence-electron chi connectivity index (χ0n) is 9.37. The maximum absolute atomic E-state index is 6.07. The quantitative estimate of drug-likeness (QED) is 0.683. The summed E-state index contributed by atoms with van der Waals surface area (Å²) in [5.74, 6) is 0.